The summed E-state index contributed by atoms with van der Waals surface area (Å²) in [5.74, 6) is -0.394. The fraction of sp³-hybridized carbons (Fsp3) is 0.632. The molecule has 1 saturated heterocycles. The summed E-state index contributed by atoms with van der Waals surface area (Å²) in [5.41, 5.74) is 0.362. The molecule has 0 bridgehead atoms. The zero-order chi connectivity index (χ0) is 17.3. The van der Waals surface area contributed by atoms with E-state index in [0.717, 1.165) is 12.6 Å². The standard InChI is InChI=1S/C19H26F2N2O/c1-13(2)17-12-22(11-15-4-3-5-16(20)19(15)21)9-8-18(24)23(17)10-14-6-7-14/h3-5,13-14,17H,6-12H2,1-2H3/t17-/m0/s1. The number of nitrogens with zero attached hydrogens (tertiary/aromatic N) is 2. The minimum Gasteiger partial charge on any atom is -0.338 e. The number of amides is 1. The van der Waals surface area contributed by atoms with Crippen LogP contribution in [0.4, 0.5) is 8.78 Å². The van der Waals surface area contributed by atoms with Gasteiger partial charge in [0.1, 0.15) is 0 Å². The van der Waals surface area contributed by atoms with Crippen LogP contribution in [-0.2, 0) is 11.3 Å². The van der Waals surface area contributed by atoms with Gasteiger partial charge in [-0.2, -0.15) is 0 Å². The van der Waals surface area contributed by atoms with Crippen LogP contribution in [0.5, 0.6) is 0 Å². The van der Waals surface area contributed by atoms with Crippen LogP contribution in [0, 0.1) is 23.5 Å². The summed E-state index contributed by atoms with van der Waals surface area (Å²) in [6.45, 7) is 6.76. The Morgan fingerprint density at radius 3 is 2.67 bits per heavy atom. The van der Waals surface area contributed by atoms with Crippen LogP contribution in [0.2, 0.25) is 0 Å². The molecule has 5 heteroatoms. The summed E-state index contributed by atoms with van der Waals surface area (Å²) < 4.78 is 27.4. The van der Waals surface area contributed by atoms with Crippen LogP contribution in [0.1, 0.15) is 38.7 Å². The Kier molecular flexibility index (Phi) is 5.18. The first-order chi connectivity index (χ1) is 11.5. The fourth-order valence-corrected chi connectivity index (χ4v) is 3.48. The highest BCUT2D eigenvalue weighted by atomic mass is 19.2. The molecule has 24 heavy (non-hydrogen) atoms. The van der Waals surface area contributed by atoms with E-state index in [1.807, 2.05) is 4.90 Å². The van der Waals surface area contributed by atoms with Gasteiger partial charge in [-0.15, -0.1) is 0 Å². The predicted molar refractivity (Wildman–Crippen MR) is 89.3 cm³/mol. The summed E-state index contributed by atoms with van der Waals surface area (Å²) in [5, 5.41) is 0. The molecule has 2 aliphatic rings. The first-order valence-electron chi connectivity index (χ1n) is 8.90. The first-order valence-corrected chi connectivity index (χ1v) is 8.90. The number of carbonyl (C=O) groups excluding carboxylic acids is 1. The Morgan fingerprint density at radius 2 is 2.00 bits per heavy atom. The second-order valence-corrected chi connectivity index (χ2v) is 7.50. The lowest BCUT2D eigenvalue weighted by molar-refractivity contribution is -0.133. The van der Waals surface area contributed by atoms with Crippen LogP contribution in [0.3, 0.4) is 0 Å². The summed E-state index contributed by atoms with van der Waals surface area (Å²) in [7, 11) is 0. The molecule has 1 amide bonds. The number of hydrogen-bond donors (Lipinski definition) is 0. The second kappa shape index (κ2) is 7.18. The van der Waals surface area contributed by atoms with E-state index < -0.39 is 11.6 Å². The van der Waals surface area contributed by atoms with Gasteiger partial charge in [-0.1, -0.05) is 26.0 Å². The molecule has 0 aromatic heterocycles. The van der Waals surface area contributed by atoms with Gasteiger partial charge in [-0.3, -0.25) is 9.69 Å². The second-order valence-electron chi connectivity index (χ2n) is 7.50. The van der Waals surface area contributed by atoms with E-state index >= 15 is 0 Å². The van der Waals surface area contributed by atoms with E-state index in [1.165, 1.54) is 18.9 Å². The molecule has 1 aromatic carbocycles. The van der Waals surface area contributed by atoms with E-state index in [9.17, 15) is 13.6 Å². The molecule has 1 aliphatic heterocycles. The summed E-state index contributed by atoms with van der Waals surface area (Å²) >= 11 is 0. The van der Waals surface area contributed by atoms with Crippen molar-refractivity contribution in [3.05, 3.63) is 35.4 Å². The molecular formula is C19H26F2N2O. The minimum absolute atomic E-state index is 0.136. The number of halogens is 2. The van der Waals surface area contributed by atoms with Gasteiger partial charge in [-0.05, 0) is 30.7 Å². The first kappa shape index (κ1) is 17.3. The van der Waals surface area contributed by atoms with Crippen molar-refractivity contribution in [2.75, 3.05) is 19.6 Å². The monoisotopic (exact) mass is 336 g/mol. The molecule has 132 valence electrons. The molecule has 1 atom stereocenters. The molecule has 0 unspecified atom stereocenters. The maximum Gasteiger partial charge on any atom is 0.224 e. The lowest BCUT2D eigenvalue weighted by Crippen LogP contribution is -2.47. The maximum absolute atomic E-state index is 14.0. The van der Waals surface area contributed by atoms with Gasteiger partial charge in [0.15, 0.2) is 11.6 Å². The van der Waals surface area contributed by atoms with Crippen LogP contribution >= 0.6 is 0 Å². The van der Waals surface area contributed by atoms with Crippen molar-refractivity contribution >= 4 is 5.91 Å². The number of carbonyl (C=O) groups is 1. The van der Waals surface area contributed by atoms with Gasteiger partial charge in [0.25, 0.3) is 0 Å². The Balaban J connectivity index is 1.75. The molecular weight excluding hydrogens is 310 g/mol. The Labute approximate surface area is 142 Å². The van der Waals surface area contributed by atoms with Gasteiger partial charge in [0, 0.05) is 44.2 Å². The highest BCUT2D eigenvalue weighted by Gasteiger charge is 2.35. The molecule has 0 spiro atoms. The van der Waals surface area contributed by atoms with Crippen molar-refractivity contribution in [2.24, 2.45) is 11.8 Å². The minimum atomic E-state index is -0.811. The average Bonchev–Trinajstić information content (AvgIpc) is 3.36. The highest BCUT2D eigenvalue weighted by molar-refractivity contribution is 5.77. The van der Waals surface area contributed by atoms with E-state index in [1.54, 1.807) is 6.07 Å². The van der Waals surface area contributed by atoms with Crippen molar-refractivity contribution < 1.29 is 13.6 Å². The summed E-state index contributed by atoms with van der Waals surface area (Å²) in [6.07, 6.45) is 2.88. The summed E-state index contributed by atoms with van der Waals surface area (Å²) in [4.78, 5) is 16.7. The number of hydrogen-bond acceptors (Lipinski definition) is 2. The van der Waals surface area contributed by atoms with Gasteiger partial charge in [-0.25, -0.2) is 8.78 Å². The molecule has 0 radical (unpaired) electrons. The topological polar surface area (TPSA) is 23.6 Å². The van der Waals surface area contributed by atoms with Crippen molar-refractivity contribution in [2.45, 2.75) is 45.7 Å². The average molecular weight is 336 g/mol. The van der Waals surface area contributed by atoms with E-state index in [-0.39, 0.29) is 11.9 Å². The molecule has 1 aliphatic carbocycles. The van der Waals surface area contributed by atoms with E-state index in [2.05, 4.69) is 18.7 Å². The number of benzene rings is 1. The van der Waals surface area contributed by atoms with Crippen LogP contribution in [0.15, 0.2) is 18.2 Å². The zero-order valence-electron chi connectivity index (χ0n) is 14.5. The summed E-state index contributed by atoms with van der Waals surface area (Å²) in [6, 6.07) is 4.43. The quantitative estimate of drug-likeness (QED) is 0.822. The molecule has 1 heterocycles. The normalized spacial score (nSPS) is 23.0. The van der Waals surface area contributed by atoms with Gasteiger partial charge >= 0.3 is 0 Å². The van der Waals surface area contributed by atoms with Crippen molar-refractivity contribution in [3.63, 3.8) is 0 Å². The van der Waals surface area contributed by atoms with Gasteiger partial charge < -0.3 is 4.90 Å². The van der Waals surface area contributed by atoms with Crippen molar-refractivity contribution in [1.29, 1.82) is 0 Å². The van der Waals surface area contributed by atoms with Crippen LogP contribution < -0.4 is 0 Å². The fourth-order valence-electron chi connectivity index (χ4n) is 3.48. The number of rotatable bonds is 5. The Hall–Kier alpha value is -1.49. The zero-order valence-corrected chi connectivity index (χ0v) is 14.5. The third-order valence-electron chi connectivity index (χ3n) is 5.15. The smallest absolute Gasteiger partial charge is 0.224 e. The van der Waals surface area contributed by atoms with Crippen molar-refractivity contribution in [3.8, 4) is 0 Å². The lowest BCUT2D eigenvalue weighted by atomic mass is 10.0. The molecule has 2 fully saturated rings. The maximum atomic E-state index is 14.0. The third-order valence-corrected chi connectivity index (χ3v) is 5.15. The molecule has 3 rings (SSSR count). The Bertz CT molecular complexity index is 601. The lowest BCUT2D eigenvalue weighted by Gasteiger charge is -2.35. The third kappa shape index (κ3) is 3.94. The molecule has 3 nitrogen and oxygen atoms in total. The van der Waals surface area contributed by atoms with Crippen LogP contribution in [-0.4, -0.2) is 41.4 Å². The molecule has 0 N–H and O–H groups in total. The van der Waals surface area contributed by atoms with Gasteiger partial charge in [0.05, 0.1) is 0 Å². The highest BCUT2D eigenvalue weighted by Crippen LogP contribution is 2.32. The SMILES string of the molecule is CC(C)[C@@H]1CN(Cc2cccc(F)c2F)CCC(=O)N1CC1CC1. The largest absolute Gasteiger partial charge is 0.338 e. The molecule has 1 aromatic rings. The predicted octanol–water partition coefficient (Wildman–Crippen LogP) is 3.43. The van der Waals surface area contributed by atoms with E-state index in [0.29, 0.717) is 43.5 Å². The van der Waals surface area contributed by atoms with E-state index in [4.69, 9.17) is 0 Å². The van der Waals surface area contributed by atoms with Gasteiger partial charge in [0.2, 0.25) is 5.91 Å². The van der Waals surface area contributed by atoms with Crippen LogP contribution in [0.25, 0.3) is 0 Å². The van der Waals surface area contributed by atoms with Crippen molar-refractivity contribution in [1.82, 2.24) is 9.80 Å². The molecule has 1 saturated carbocycles. The Morgan fingerprint density at radius 1 is 1.25 bits per heavy atom.